The summed E-state index contributed by atoms with van der Waals surface area (Å²) in [6.07, 6.45) is 8.73. The van der Waals surface area contributed by atoms with Crippen molar-refractivity contribution in [2.75, 3.05) is 6.26 Å². The van der Waals surface area contributed by atoms with E-state index in [4.69, 9.17) is 4.98 Å². The molecule has 2 heterocycles. The van der Waals surface area contributed by atoms with Gasteiger partial charge in [-0.3, -0.25) is 0 Å². The molecule has 0 saturated carbocycles. The number of nitrogens with zero attached hydrogens (tertiary/aromatic N) is 3. The predicted molar refractivity (Wildman–Crippen MR) is 93.4 cm³/mol. The highest BCUT2D eigenvalue weighted by Crippen LogP contribution is 2.33. The Labute approximate surface area is 132 Å². The number of rotatable bonds is 4. The third-order valence-corrected chi connectivity index (χ3v) is 4.97. The molecule has 5 heteroatoms. The smallest absolute Gasteiger partial charge is 0.209 e. The van der Waals surface area contributed by atoms with Crippen LogP contribution in [0.1, 0.15) is 18.5 Å². The lowest BCUT2D eigenvalue weighted by molar-refractivity contribution is 1.02. The highest BCUT2D eigenvalue weighted by molar-refractivity contribution is 8.02. The van der Waals surface area contributed by atoms with Gasteiger partial charge in [0.05, 0.1) is 11.4 Å². The summed E-state index contributed by atoms with van der Waals surface area (Å²) in [5.74, 6) is 0. The lowest BCUT2D eigenvalue weighted by atomic mass is 10.0. The molecule has 21 heavy (non-hydrogen) atoms. The zero-order valence-electron chi connectivity index (χ0n) is 11.7. The number of allylic oxidation sites excluding steroid dienone is 4. The largest absolute Gasteiger partial charge is 0.246 e. The SMILES string of the molecule is C=Nc1nc(-c2cccc(C3=C(SC)CCC=C3)n2)cs1. The van der Waals surface area contributed by atoms with Gasteiger partial charge in [0.2, 0.25) is 5.13 Å². The first-order valence-corrected chi connectivity index (χ1v) is 8.76. The molecule has 0 amide bonds. The summed E-state index contributed by atoms with van der Waals surface area (Å²) in [6.45, 7) is 3.51. The van der Waals surface area contributed by atoms with E-state index in [0.717, 1.165) is 29.9 Å². The van der Waals surface area contributed by atoms with Crippen LogP contribution < -0.4 is 0 Å². The summed E-state index contributed by atoms with van der Waals surface area (Å²) in [7, 11) is 0. The van der Waals surface area contributed by atoms with Gasteiger partial charge in [-0.25, -0.2) is 15.0 Å². The molecule has 0 bridgehead atoms. The molecule has 0 spiro atoms. The Morgan fingerprint density at radius 2 is 2.10 bits per heavy atom. The first kappa shape index (κ1) is 14.2. The third-order valence-electron chi connectivity index (χ3n) is 3.28. The normalized spacial score (nSPS) is 14.5. The first-order valence-electron chi connectivity index (χ1n) is 6.65. The number of thiazole rings is 1. The van der Waals surface area contributed by atoms with Crippen molar-refractivity contribution in [2.24, 2.45) is 4.99 Å². The summed E-state index contributed by atoms with van der Waals surface area (Å²) in [5.41, 5.74) is 3.97. The van der Waals surface area contributed by atoms with Crippen molar-refractivity contribution in [2.45, 2.75) is 12.8 Å². The quantitative estimate of drug-likeness (QED) is 0.749. The zero-order chi connectivity index (χ0) is 14.7. The maximum Gasteiger partial charge on any atom is 0.209 e. The van der Waals surface area contributed by atoms with Gasteiger partial charge in [-0.05, 0) is 42.9 Å². The molecule has 0 atom stereocenters. The average molecular weight is 313 g/mol. The average Bonchev–Trinajstić information content (AvgIpc) is 3.04. The molecule has 3 nitrogen and oxygen atoms in total. The van der Waals surface area contributed by atoms with Gasteiger partial charge in [0, 0.05) is 11.0 Å². The highest BCUT2D eigenvalue weighted by atomic mass is 32.2. The molecule has 0 unspecified atom stereocenters. The maximum absolute atomic E-state index is 4.77. The Kier molecular flexibility index (Phi) is 4.31. The molecule has 0 aliphatic heterocycles. The lowest BCUT2D eigenvalue weighted by Gasteiger charge is -2.14. The van der Waals surface area contributed by atoms with Crippen LogP contribution in [0, 0.1) is 0 Å². The predicted octanol–water partition coefficient (Wildman–Crippen LogP) is 4.96. The number of hydrogen-bond acceptors (Lipinski definition) is 5. The van der Waals surface area contributed by atoms with Crippen LogP contribution in [0.3, 0.4) is 0 Å². The molecule has 2 aromatic heterocycles. The fraction of sp³-hybridized carbons (Fsp3) is 0.188. The standard InChI is InChI=1S/C16H15N3S2/c1-17-16-19-14(10-21-16)13-8-5-7-12(18-13)11-6-3-4-9-15(11)20-2/h3,5-8,10H,1,4,9H2,2H3. The second-order valence-electron chi connectivity index (χ2n) is 4.56. The summed E-state index contributed by atoms with van der Waals surface area (Å²) in [5, 5.41) is 2.65. The van der Waals surface area contributed by atoms with Crippen LogP contribution in [0.2, 0.25) is 0 Å². The van der Waals surface area contributed by atoms with Crippen molar-refractivity contribution in [3.63, 3.8) is 0 Å². The van der Waals surface area contributed by atoms with Gasteiger partial charge < -0.3 is 0 Å². The van der Waals surface area contributed by atoms with Gasteiger partial charge in [-0.1, -0.05) is 18.2 Å². The van der Waals surface area contributed by atoms with E-state index in [1.807, 2.05) is 29.3 Å². The van der Waals surface area contributed by atoms with E-state index in [2.05, 4.69) is 41.2 Å². The van der Waals surface area contributed by atoms with Crippen molar-refractivity contribution >= 4 is 40.5 Å². The van der Waals surface area contributed by atoms with Crippen molar-refractivity contribution in [3.05, 3.63) is 46.3 Å². The summed E-state index contributed by atoms with van der Waals surface area (Å²) in [4.78, 5) is 14.4. The van der Waals surface area contributed by atoms with Crippen molar-refractivity contribution < 1.29 is 0 Å². The van der Waals surface area contributed by atoms with Crippen LogP contribution in [-0.2, 0) is 0 Å². The van der Waals surface area contributed by atoms with E-state index in [9.17, 15) is 0 Å². The fourth-order valence-electron chi connectivity index (χ4n) is 2.27. The van der Waals surface area contributed by atoms with E-state index in [-0.39, 0.29) is 0 Å². The van der Waals surface area contributed by atoms with Gasteiger partial charge in [0.15, 0.2) is 0 Å². The van der Waals surface area contributed by atoms with Gasteiger partial charge in [0.25, 0.3) is 0 Å². The minimum Gasteiger partial charge on any atom is -0.246 e. The number of aromatic nitrogens is 2. The molecular formula is C16H15N3S2. The van der Waals surface area contributed by atoms with E-state index in [1.54, 1.807) is 0 Å². The third kappa shape index (κ3) is 2.99. The summed E-state index contributed by atoms with van der Waals surface area (Å²) < 4.78 is 0. The summed E-state index contributed by atoms with van der Waals surface area (Å²) >= 11 is 3.29. The monoisotopic (exact) mass is 313 g/mol. The zero-order valence-corrected chi connectivity index (χ0v) is 13.4. The fourth-order valence-corrected chi connectivity index (χ4v) is 3.60. The van der Waals surface area contributed by atoms with E-state index in [1.165, 1.54) is 21.8 Å². The second kappa shape index (κ2) is 6.37. The first-order chi connectivity index (χ1) is 10.3. The maximum atomic E-state index is 4.77. The molecule has 0 radical (unpaired) electrons. The molecule has 0 aromatic carbocycles. The number of aliphatic imine (C=N–C) groups is 1. The van der Waals surface area contributed by atoms with Crippen molar-refractivity contribution in [1.82, 2.24) is 9.97 Å². The molecule has 3 rings (SSSR count). The molecule has 0 fully saturated rings. The van der Waals surface area contributed by atoms with Gasteiger partial charge in [-0.2, -0.15) is 0 Å². The molecular weight excluding hydrogens is 298 g/mol. The lowest BCUT2D eigenvalue weighted by Crippen LogP contribution is -1.96. The van der Waals surface area contributed by atoms with Gasteiger partial charge in [0.1, 0.15) is 5.69 Å². The molecule has 0 saturated heterocycles. The van der Waals surface area contributed by atoms with E-state index >= 15 is 0 Å². The molecule has 0 N–H and O–H groups in total. The Balaban J connectivity index is 2.02. The van der Waals surface area contributed by atoms with Crippen LogP contribution >= 0.6 is 23.1 Å². The van der Waals surface area contributed by atoms with Crippen LogP contribution in [0.5, 0.6) is 0 Å². The van der Waals surface area contributed by atoms with Crippen molar-refractivity contribution in [3.8, 4) is 11.4 Å². The van der Waals surface area contributed by atoms with Crippen LogP contribution in [-0.4, -0.2) is 22.9 Å². The molecule has 1 aliphatic rings. The number of hydrogen-bond donors (Lipinski definition) is 0. The van der Waals surface area contributed by atoms with Gasteiger partial charge >= 0.3 is 0 Å². The summed E-state index contributed by atoms with van der Waals surface area (Å²) in [6, 6.07) is 6.08. The minimum absolute atomic E-state index is 0.679. The molecule has 106 valence electrons. The van der Waals surface area contributed by atoms with Crippen LogP contribution in [0.25, 0.3) is 17.0 Å². The minimum atomic E-state index is 0.679. The van der Waals surface area contributed by atoms with E-state index in [0.29, 0.717) is 5.13 Å². The van der Waals surface area contributed by atoms with Crippen LogP contribution in [0.4, 0.5) is 5.13 Å². The Morgan fingerprint density at radius 1 is 1.24 bits per heavy atom. The Hall–Kier alpha value is -1.72. The number of pyridine rings is 1. The van der Waals surface area contributed by atoms with E-state index < -0.39 is 0 Å². The Bertz CT molecular complexity index is 729. The van der Waals surface area contributed by atoms with Gasteiger partial charge in [-0.15, -0.1) is 23.1 Å². The van der Waals surface area contributed by atoms with Crippen molar-refractivity contribution in [1.29, 1.82) is 0 Å². The van der Waals surface area contributed by atoms with Crippen LogP contribution in [0.15, 0.2) is 45.6 Å². The Morgan fingerprint density at radius 3 is 2.86 bits per heavy atom. The topological polar surface area (TPSA) is 38.1 Å². The number of thioether (sulfide) groups is 1. The highest BCUT2D eigenvalue weighted by Gasteiger charge is 2.12. The second-order valence-corrected chi connectivity index (χ2v) is 6.30. The molecule has 2 aromatic rings. The molecule has 1 aliphatic carbocycles.